The van der Waals surface area contributed by atoms with E-state index in [2.05, 4.69) is 0 Å². The topological polar surface area (TPSA) is 43.4 Å². The average molecular weight is 342 g/mol. The third kappa shape index (κ3) is 5.74. The van der Waals surface area contributed by atoms with Crippen LogP contribution in [-0.2, 0) is 11.3 Å². The Morgan fingerprint density at radius 1 is 1.09 bits per heavy atom. The van der Waals surface area contributed by atoms with Gasteiger partial charge in [-0.15, -0.1) is 0 Å². The summed E-state index contributed by atoms with van der Waals surface area (Å²) in [4.78, 5) is 11.9. The Balaban J connectivity index is 2.95. The van der Waals surface area contributed by atoms with Crippen LogP contribution in [-0.4, -0.2) is 36.3 Å². The van der Waals surface area contributed by atoms with Crippen LogP contribution in [0.3, 0.4) is 0 Å². The molecule has 1 aromatic carbocycles. The van der Waals surface area contributed by atoms with E-state index < -0.39 is 36.7 Å². The molecular weight excluding hydrogens is 328 g/mol. The van der Waals surface area contributed by atoms with Crippen molar-refractivity contribution in [1.82, 2.24) is 4.90 Å². The van der Waals surface area contributed by atoms with Crippen LogP contribution in [0.2, 0.25) is 0 Å². The SMILES string of the molecule is CN(Cc1ccccc1)C(CC(C(F)(F)F)C(F)(F)F)C(=O)[O-]. The third-order valence-electron chi connectivity index (χ3n) is 3.33. The number of likely N-dealkylation sites (N-methyl/N-ethyl adjacent to an activating group) is 1. The molecule has 0 heterocycles. The molecule has 1 atom stereocenters. The molecule has 0 radical (unpaired) electrons. The molecule has 3 nitrogen and oxygen atoms in total. The number of hydrogen-bond acceptors (Lipinski definition) is 3. The number of nitrogens with zero attached hydrogens (tertiary/aromatic N) is 1. The number of carbonyl (C=O) groups excluding carboxylic acids is 1. The molecule has 0 aromatic heterocycles. The van der Waals surface area contributed by atoms with E-state index in [-0.39, 0.29) is 6.54 Å². The minimum absolute atomic E-state index is 0.123. The second kappa shape index (κ2) is 7.20. The molecule has 9 heteroatoms. The Kier molecular flexibility index (Phi) is 6.04. The highest BCUT2D eigenvalue weighted by Gasteiger charge is 2.57. The number of alkyl halides is 6. The van der Waals surface area contributed by atoms with Crippen LogP contribution in [0.15, 0.2) is 30.3 Å². The second-order valence-corrected chi connectivity index (χ2v) is 5.11. The minimum atomic E-state index is -5.58. The van der Waals surface area contributed by atoms with E-state index in [4.69, 9.17) is 0 Å². The van der Waals surface area contributed by atoms with E-state index in [9.17, 15) is 36.2 Å². The number of hydrogen-bond donors (Lipinski definition) is 0. The van der Waals surface area contributed by atoms with Crippen LogP contribution >= 0.6 is 0 Å². The summed E-state index contributed by atoms with van der Waals surface area (Å²) in [6.45, 7) is -0.123. The largest absolute Gasteiger partial charge is 0.548 e. The summed E-state index contributed by atoms with van der Waals surface area (Å²) in [6.07, 6.45) is -12.8. The van der Waals surface area contributed by atoms with Gasteiger partial charge in [0.05, 0.1) is 12.0 Å². The van der Waals surface area contributed by atoms with Gasteiger partial charge in [0.25, 0.3) is 0 Å². The van der Waals surface area contributed by atoms with Gasteiger partial charge in [-0.2, -0.15) is 26.3 Å². The maximum Gasteiger partial charge on any atom is 0.400 e. The number of rotatable bonds is 6. The van der Waals surface area contributed by atoms with E-state index in [1.54, 1.807) is 30.3 Å². The van der Waals surface area contributed by atoms with E-state index >= 15 is 0 Å². The van der Waals surface area contributed by atoms with Gasteiger partial charge in [-0.25, -0.2) is 0 Å². The van der Waals surface area contributed by atoms with Crippen molar-refractivity contribution in [2.45, 2.75) is 31.4 Å². The molecule has 0 aliphatic heterocycles. The van der Waals surface area contributed by atoms with Crippen LogP contribution in [0.5, 0.6) is 0 Å². The lowest BCUT2D eigenvalue weighted by atomic mass is 9.97. The monoisotopic (exact) mass is 342 g/mol. The number of carboxylic acid groups (broad SMARTS) is 1. The smallest absolute Gasteiger partial charge is 0.400 e. The zero-order valence-electron chi connectivity index (χ0n) is 12.0. The molecule has 0 spiro atoms. The Labute approximate surface area is 128 Å². The molecule has 1 aromatic rings. The number of aliphatic carboxylic acids is 1. The van der Waals surface area contributed by atoms with Gasteiger partial charge in [0, 0.05) is 6.54 Å². The summed E-state index contributed by atoms with van der Waals surface area (Å²) in [6, 6.07) is 6.03. The quantitative estimate of drug-likeness (QED) is 0.746. The van der Waals surface area contributed by atoms with Crippen LogP contribution < -0.4 is 5.11 Å². The first-order valence-electron chi connectivity index (χ1n) is 6.51. The normalized spacial score (nSPS) is 14.3. The van der Waals surface area contributed by atoms with Crippen LogP contribution in [0.25, 0.3) is 0 Å². The highest BCUT2D eigenvalue weighted by Crippen LogP contribution is 2.42. The lowest BCUT2D eigenvalue weighted by Gasteiger charge is -2.33. The van der Waals surface area contributed by atoms with Crippen molar-refractivity contribution < 1.29 is 36.2 Å². The maximum absolute atomic E-state index is 12.6. The molecule has 0 aliphatic rings. The number of carboxylic acids is 1. The first-order valence-corrected chi connectivity index (χ1v) is 6.51. The molecule has 0 amide bonds. The molecule has 1 unspecified atom stereocenters. The lowest BCUT2D eigenvalue weighted by Crippen LogP contribution is -2.50. The van der Waals surface area contributed by atoms with E-state index in [0.29, 0.717) is 5.56 Å². The van der Waals surface area contributed by atoms with Crippen molar-refractivity contribution in [3.8, 4) is 0 Å². The van der Waals surface area contributed by atoms with Crippen molar-refractivity contribution in [2.75, 3.05) is 7.05 Å². The fraction of sp³-hybridized carbons (Fsp3) is 0.500. The average Bonchev–Trinajstić information content (AvgIpc) is 2.36. The molecule has 130 valence electrons. The summed E-state index contributed by atoms with van der Waals surface area (Å²) in [5, 5.41) is 11.0. The Morgan fingerprint density at radius 3 is 1.96 bits per heavy atom. The summed E-state index contributed by atoms with van der Waals surface area (Å²) in [5.74, 6) is -5.71. The predicted octanol–water partition coefficient (Wildman–Crippen LogP) is 2.37. The minimum Gasteiger partial charge on any atom is -0.548 e. The Morgan fingerprint density at radius 2 is 1.57 bits per heavy atom. The van der Waals surface area contributed by atoms with Gasteiger partial charge in [-0.05, 0) is 19.0 Å². The summed E-state index contributed by atoms with van der Waals surface area (Å²) < 4.78 is 75.5. The van der Waals surface area contributed by atoms with Crippen molar-refractivity contribution in [1.29, 1.82) is 0 Å². The zero-order chi connectivity index (χ0) is 17.8. The lowest BCUT2D eigenvalue weighted by molar-refractivity contribution is -0.317. The van der Waals surface area contributed by atoms with E-state index in [1.165, 1.54) is 0 Å². The predicted molar refractivity (Wildman–Crippen MR) is 66.9 cm³/mol. The number of halogens is 6. The van der Waals surface area contributed by atoms with Gasteiger partial charge in [0.2, 0.25) is 0 Å². The molecule has 1 rings (SSSR count). The van der Waals surface area contributed by atoms with E-state index in [1.807, 2.05) is 0 Å². The van der Waals surface area contributed by atoms with Crippen LogP contribution in [0, 0.1) is 5.92 Å². The van der Waals surface area contributed by atoms with Gasteiger partial charge < -0.3 is 9.90 Å². The molecule has 0 saturated carbocycles. The highest BCUT2D eigenvalue weighted by molar-refractivity contribution is 5.71. The van der Waals surface area contributed by atoms with Crippen molar-refractivity contribution >= 4 is 5.97 Å². The fourth-order valence-electron chi connectivity index (χ4n) is 2.11. The van der Waals surface area contributed by atoms with E-state index in [0.717, 1.165) is 11.9 Å². The summed E-state index contributed by atoms with van der Waals surface area (Å²) >= 11 is 0. The first kappa shape index (κ1) is 19.3. The highest BCUT2D eigenvalue weighted by atomic mass is 19.4. The van der Waals surface area contributed by atoms with Crippen LogP contribution in [0.4, 0.5) is 26.3 Å². The summed E-state index contributed by atoms with van der Waals surface area (Å²) in [7, 11) is 1.14. The van der Waals surface area contributed by atoms with Crippen molar-refractivity contribution in [3.63, 3.8) is 0 Å². The molecule has 0 N–H and O–H groups in total. The maximum atomic E-state index is 12.6. The molecular formula is C14H14F6NO2-. The van der Waals surface area contributed by atoms with Gasteiger partial charge in [0.15, 0.2) is 5.92 Å². The number of carbonyl (C=O) groups is 1. The van der Waals surface area contributed by atoms with Gasteiger partial charge in [-0.3, -0.25) is 4.90 Å². The van der Waals surface area contributed by atoms with Crippen molar-refractivity contribution in [2.24, 2.45) is 5.92 Å². The third-order valence-corrected chi connectivity index (χ3v) is 3.33. The first-order chi connectivity index (χ1) is 10.4. The second-order valence-electron chi connectivity index (χ2n) is 5.11. The molecule has 0 aliphatic carbocycles. The Hall–Kier alpha value is -1.77. The Bertz CT molecular complexity index is 500. The number of benzene rings is 1. The van der Waals surface area contributed by atoms with Gasteiger partial charge in [-0.1, -0.05) is 30.3 Å². The molecule has 0 saturated heterocycles. The van der Waals surface area contributed by atoms with Crippen molar-refractivity contribution in [3.05, 3.63) is 35.9 Å². The molecule has 0 fully saturated rings. The zero-order valence-corrected chi connectivity index (χ0v) is 12.0. The standard InChI is InChI=1S/C14H15F6NO2/c1-21(8-9-5-3-2-4-6-9)10(12(22)23)7-11(13(15,16)17)14(18,19)20/h2-6,10-11H,7-8H2,1H3,(H,22,23)/p-1. The fourth-order valence-corrected chi connectivity index (χ4v) is 2.11. The summed E-state index contributed by atoms with van der Waals surface area (Å²) in [5.41, 5.74) is 0.553. The molecule has 0 bridgehead atoms. The molecule has 23 heavy (non-hydrogen) atoms. The van der Waals surface area contributed by atoms with Crippen LogP contribution in [0.1, 0.15) is 12.0 Å². The van der Waals surface area contributed by atoms with Gasteiger partial charge in [0.1, 0.15) is 0 Å². The van der Waals surface area contributed by atoms with Gasteiger partial charge >= 0.3 is 12.4 Å².